The molecule has 0 aliphatic heterocycles. The molecule has 1 rings (SSSR count). The van der Waals surface area contributed by atoms with Crippen molar-refractivity contribution in [2.45, 2.75) is 20.3 Å². The van der Waals surface area contributed by atoms with Crippen LogP contribution in [-0.4, -0.2) is 12.8 Å². The lowest BCUT2D eigenvalue weighted by Crippen LogP contribution is -2.12. The molecule has 5 nitrogen and oxygen atoms in total. The van der Waals surface area contributed by atoms with E-state index in [4.69, 9.17) is 9.47 Å². The maximum atomic E-state index is 11.2. The molecule has 0 saturated heterocycles. The zero-order valence-corrected chi connectivity index (χ0v) is 9.88. The summed E-state index contributed by atoms with van der Waals surface area (Å²) in [4.78, 5) is 21.4. The van der Waals surface area contributed by atoms with E-state index >= 15 is 0 Å². The van der Waals surface area contributed by atoms with Crippen LogP contribution >= 0.6 is 0 Å². The summed E-state index contributed by atoms with van der Waals surface area (Å²) in [6.07, 6.45) is 0.0563. The van der Waals surface area contributed by atoms with Gasteiger partial charge in [0.2, 0.25) is 0 Å². The van der Waals surface area contributed by atoms with Crippen molar-refractivity contribution in [3.05, 3.63) is 29.2 Å². The van der Waals surface area contributed by atoms with E-state index in [1.165, 1.54) is 24.3 Å². The summed E-state index contributed by atoms with van der Waals surface area (Å²) in [5, 5.41) is 2.74. The van der Waals surface area contributed by atoms with Crippen molar-refractivity contribution in [1.29, 1.82) is 0 Å². The monoisotopic (exact) mass is 237 g/mol. The summed E-state index contributed by atoms with van der Waals surface area (Å²) < 4.78 is 9.76. The van der Waals surface area contributed by atoms with Crippen LogP contribution in [0.4, 0.5) is 10.5 Å². The van der Waals surface area contributed by atoms with Crippen LogP contribution in [0.5, 0.6) is 5.75 Å². The second kappa shape index (κ2) is 6.62. The van der Waals surface area contributed by atoms with Gasteiger partial charge in [0, 0.05) is 0 Å². The Kier molecular flexibility index (Phi) is 5.13. The average Bonchev–Trinajstić information content (AvgIpc) is 2.29. The fourth-order valence-electron chi connectivity index (χ4n) is 1.08. The minimum atomic E-state index is -0.738. The Morgan fingerprint density at radius 1 is 1.29 bits per heavy atom. The van der Waals surface area contributed by atoms with Crippen molar-refractivity contribution in [2.24, 2.45) is 11.1 Å². The fraction of sp³-hybridized carbons (Fsp3) is 0.417. The third kappa shape index (κ3) is 5.10. The van der Waals surface area contributed by atoms with E-state index in [1.807, 2.05) is 13.8 Å². The number of nitrogens with zero attached hydrogens (tertiary/aromatic N) is 1. The number of hydrogen-bond acceptors (Lipinski definition) is 5. The van der Waals surface area contributed by atoms with Crippen molar-refractivity contribution in [3.63, 3.8) is 0 Å². The van der Waals surface area contributed by atoms with Crippen LogP contribution in [0.3, 0.4) is 0 Å². The van der Waals surface area contributed by atoms with Gasteiger partial charge < -0.3 is 9.47 Å². The average molecular weight is 237 g/mol. The first kappa shape index (κ1) is 13.2. The molecular formula is C12H15NO4. The SMILES string of the molecule is CC(C)CCOC(=O)Oc1ccc(N=O)cc1. The Balaban J connectivity index is 2.37. The van der Waals surface area contributed by atoms with Gasteiger partial charge in [0.25, 0.3) is 0 Å². The second-order valence-electron chi connectivity index (χ2n) is 3.97. The van der Waals surface area contributed by atoms with Gasteiger partial charge in [0.15, 0.2) is 0 Å². The molecular weight excluding hydrogens is 222 g/mol. The number of rotatable bonds is 5. The van der Waals surface area contributed by atoms with Gasteiger partial charge in [-0.2, -0.15) is 0 Å². The van der Waals surface area contributed by atoms with Crippen molar-refractivity contribution < 1.29 is 14.3 Å². The van der Waals surface area contributed by atoms with Crippen molar-refractivity contribution in [2.75, 3.05) is 6.61 Å². The summed E-state index contributed by atoms with van der Waals surface area (Å²) in [6.45, 7) is 4.42. The highest BCUT2D eigenvalue weighted by Crippen LogP contribution is 2.17. The van der Waals surface area contributed by atoms with Crippen LogP contribution in [0.2, 0.25) is 0 Å². The molecule has 0 aromatic heterocycles. The van der Waals surface area contributed by atoms with E-state index in [0.29, 0.717) is 18.3 Å². The van der Waals surface area contributed by atoms with E-state index in [1.54, 1.807) is 0 Å². The second-order valence-corrected chi connectivity index (χ2v) is 3.97. The first-order chi connectivity index (χ1) is 8.11. The van der Waals surface area contributed by atoms with Crippen molar-refractivity contribution >= 4 is 11.8 Å². The highest BCUT2D eigenvalue weighted by Gasteiger charge is 2.06. The third-order valence-electron chi connectivity index (χ3n) is 2.06. The minimum Gasteiger partial charge on any atom is -0.434 e. The van der Waals surface area contributed by atoms with Crippen LogP contribution in [0.15, 0.2) is 29.4 Å². The normalized spacial score (nSPS) is 10.1. The predicted molar refractivity (Wildman–Crippen MR) is 63.3 cm³/mol. The van der Waals surface area contributed by atoms with Crippen LogP contribution in [-0.2, 0) is 4.74 Å². The molecule has 1 aromatic rings. The topological polar surface area (TPSA) is 65.0 Å². The van der Waals surface area contributed by atoms with Crippen LogP contribution in [0.1, 0.15) is 20.3 Å². The number of hydrogen-bond donors (Lipinski definition) is 0. The maximum absolute atomic E-state index is 11.2. The molecule has 0 spiro atoms. The van der Waals surface area contributed by atoms with E-state index < -0.39 is 6.16 Å². The smallest absolute Gasteiger partial charge is 0.434 e. The molecule has 0 saturated carbocycles. The molecule has 0 heterocycles. The molecule has 0 amide bonds. The zero-order chi connectivity index (χ0) is 12.7. The Morgan fingerprint density at radius 2 is 1.94 bits per heavy atom. The highest BCUT2D eigenvalue weighted by molar-refractivity contribution is 5.64. The van der Waals surface area contributed by atoms with Gasteiger partial charge in [-0.1, -0.05) is 13.8 Å². The highest BCUT2D eigenvalue weighted by atomic mass is 16.7. The number of benzene rings is 1. The summed E-state index contributed by atoms with van der Waals surface area (Å²) in [6, 6.07) is 5.90. The first-order valence-corrected chi connectivity index (χ1v) is 5.40. The van der Waals surface area contributed by atoms with E-state index in [2.05, 4.69) is 5.18 Å². The predicted octanol–water partition coefficient (Wildman–Crippen LogP) is 3.65. The van der Waals surface area contributed by atoms with Gasteiger partial charge in [0.1, 0.15) is 11.4 Å². The lowest BCUT2D eigenvalue weighted by molar-refractivity contribution is 0.0949. The molecule has 0 radical (unpaired) electrons. The zero-order valence-electron chi connectivity index (χ0n) is 9.88. The number of ether oxygens (including phenoxy) is 2. The number of carbonyl (C=O) groups excluding carboxylic acids is 1. The largest absolute Gasteiger partial charge is 0.513 e. The van der Waals surface area contributed by atoms with Gasteiger partial charge in [-0.15, -0.1) is 4.91 Å². The quantitative estimate of drug-likeness (QED) is 0.445. The first-order valence-electron chi connectivity index (χ1n) is 5.40. The molecule has 0 atom stereocenters. The molecule has 0 N–H and O–H groups in total. The molecule has 0 bridgehead atoms. The molecule has 0 aliphatic rings. The molecule has 0 fully saturated rings. The Morgan fingerprint density at radius 3 is 2.47 bits per heavy atom. The number of nitroso groups, excluding NO2 is 1. The van der Waals surface area contributed by atoms with Gasteiger partial charge in [-0.25, -0.2) is 4.79 Å². The minimum absolute atomic E-state index is 0.283. The van der Waals surface area contributed by atoms with Crippen molar-refractivity contribution in [1.82, 2.24) is 0 Å². The van der Waals surface area contributed by atoms with Gasteiger partial charge in [-0.3, -0.25) is 0 Å². The maximum Gasteiger partial charge on any atom is 0.513 e. The molecule has 0 aliphatic carbocycles. The van der Waals surface area contributed by atoms with Gasteiger partial charge in [0.05, 0.1) is 6.61 Å². The van der Waals surface area contributed by atoms with E-state index in [0.717, 1.165) is 6.42 Å². The van der Waals surface area contributed by atoms with Crippen LogP contribution in [0, 0.1) is 10.8 Å². The van der Waals surface area contributed by atoms with Crippen molar-refractivity contribution in [3.8, 4) is 5.75 Å². The summed E-state index contributed by atoms with van der Waals surface area (Å²) in [5.74, 6) is 0.799. The Labute approximate surface area is 99.7 Å². The molecule has 5 heteroatoms. The number of carbonyl (C=O) groups is 1. The molecule has 1 aromatic carbocycles. The standard InChI is InChI=1S/C12H15NO4/c1-9(2)7-8-16-12(14)17-11-5-3-10(13-15)4-6-11/h3-6,9H,7-8H2,1-2H3. The summed E-state index contributed by atoms with van der Waals surface area (Å²) in [7, 11) is 0. The van der Waals surface area contributed by atoms with Crippen LogP contribution in [0.25, 0.3) is 0 Å². The van der Waals surface area contributed by atoms with Gasteiger partial charge in [-0.05, 0) is 41.8 Å². The third-order valence-corrected chi connectivity index (χ3v) is 2.06. The Bertz CT molecular complexity index is 373. The lowest BCUT2D eigenvalue weighted by Gasteiger charge is -2.07. The van der Waals surface area contributed by atoms with Gasteiger partial charge >= 0.3 is 6.16 Å². The Hall–Kier alpha value is -1.91. The summed E-state index contributed by atoms with van der Waals surface area (Å²) in [5.41, 5.74) is 0.283. The molecule has 0 unspecified atom stereocenters. The molecule has 92 valence electrons. The fourth-order valence-corrected chi connectivity index (χ4v) is 1.08. The van der Waals surface area contributed by atoms with Crippen LogP contribution < -0.4 is 4.74 Å². The summed E-state index contributed by atoms with van der Waals surface area (Å²) >= 11 is 0. The lowest BCUT2D eigenvalue weighted by atomic mass is 10.1. The van der Waals surface area contributed by atoms with E-state index in [9.17, 15) is 9.70 Å². The molecule has 17 heavy (non-hydrogen) atoms. The van der Waals surface area contributed by atoms with E-state index in [-0.39, 0.29) is 5.69 Å².